The maximum Gasteiger partial charge on any atom is 0.265 e. The molecule has 0 aromatic heterocycles. The summed E-state index contributed by atoms with van der Waals surface area (Å²) >= 11 is 9.88. The Hall–Kier alpha value is 1.44. The SMILES string of the molecule is FC1(F)CSC2SC(=C3SC=CS3)SC2SC1. The Morgan fingerprint density at radius 3 is 2.00 bits per heavy atom. The van der Waals surface area contributed by atoms with Crippen molar-refractivity contribution in [1.82, 2.24) is 0 Å². The first kappa shape index (κ1) is 13.4. The molecule has 0 aliphatic carbocycles. The fourth-order valence-corrected chi connectivity index (χ4v) is 10.7. The first-order valence-electron chi connectivity index (χ1n) is 4.81. The van der Waals surface area contributed by atoms with Crippen LogP contribution in [0.1, 0.15) is 0 Å². The Labute approximate surface area is 124 Å². The second-order valence-electron chi connectivity index (χ2n) is 3.53. The van der Waals surface area contributed by atoms with Crippen LogP contribution < -0.4 is 0 Å². The first-order valence-corrected chi connectivity index (χ1v) is 10.4. The van der Waals surface area contributed by atoms with Crippen molar-refractivity contribution in [3.63, 3.8) is 0 Å². The van der Waals surface area contributed by atoms with Gasteiger partial charge in [-0.15, -0.1) is 47.0 Å². The van der Waals surface area contributed by atoms with E-state index in [0.29, 0.717) is 0 Å². The fourth-order valence-electron chi connectivity index (χ4n) is 1.42. The molecule has 2 atom stereocenters. The molecule has 0 N–H and O–H groups in total. The van der Waals surface area contributed by atoms with Crippen LogP contribution in [0.15, 0.2) is 19.3 Å². The third kappa shape index (κ3) is 3.13. The molecular formula is C9H8F2S6. The van der Waals surface area contributed by atoms with Gasteiger partial charge >= 0.3 is 0 Å². The Kier molecular flexibility index (Phi) is 4.29. The van der Waals surface area contributed by atoms with Crippen molar-refractivity contribution >= 4 is 70.6 Å². The van der Waals surface area contributed by atoms with E-state index in [4.69, 9.17) is 0 Å². The molecule has 0 nitrogen and oxygen atoms in total. The number of halogens is 2. The zero-order valence-corrected chi connectivity index (χ0v) is 13.3. The second kappa shape index (κ2) is 5.44. The van der Waals surface area contributed by atoms with Crippen LogP contribution in [0, 0.1) is 0 Å². The highest BCUT2D eigenvalue weighted by molar-refractivity contribution is 8.38. The first-order chi connectivity index (χ1) is 8.14. The van der Waals surface area contributed by atoms with Crippen LogP contribution in [0.5, 0.6) is 0 Å². The van der Waals surface area contributed by atoms with Crippen molar-refractivity contribution in [3.8, 4) is 0 Å². The maximum atomic E-state index is 13.3. The minimum Gasteiger partial charge on any atom is -0.205 e. The molecule has 0 amide bonds. The van der Waals surface area contributed by atoms with Crippen molar-refractivity contribution in [2.75, 3.05) is 11.5 Å². The monoisotopic (exact) mass is 346 g/mol. The highest BCUT2D eigenvalue weighted by Gasteiger charge is 2.43. The van der Waals surface area contributed by atoms with Crippen molar-refractivity contribution in [2.24, 2.45) is 0 Å². The standard InChI is InChI=1S/C9H8F2S6/c10-9(11)3-14-6-7(15-4-9)17-8(16-6)5-12-1-2-13-5/h1-2,6-7H,3-4H2. The van der Waals surface area contributed by atoms with E-state index in [0.717, 1.165) is 0 Å². The van der Waals surface area contributed by atoms with Gasteiger partial charge in [0.05, 0.1) is 29.1 Å². The zero-order chi connectivity index (χ0) is 11.9. The average Bonchev–Trinajstić information content (AvgIpc) is 2.91. The van der Waals surface area contributed by atoms with Gasteiger partial charge in [0, 0.05) is 0 Å². The van der Waals surface area contributed by atoms with Crippen LogP contribution in [0.2, 0.25) is 0 Å². The number of fused-ring (bicyclic) bond motifs is 1. The summed E-state index contributed by atoms with van der Waals surface area (Å²) in [7, 11) is 0. The van der Waals surface area contributed by atoms with Crippen LogP contribution in [0.25, 0.3) is 0 Å². The minimum absolute atomic E-state index is 0.0319. The highest BCUT2D eigenvalue weighted by Crippen LogP contribution is 2.61. The summed E-state index contributed by atoms with van der Waals surface area (Å²) in [6.45, 7) is 0. The maximum absolute atomic E-state index is 13.3. The van der Waals surface area contributed by atoms with Gasteiger partial charge in [-0.25, -0.2) is 8.78 Å². The Morgan fingerprint density at radius 1 is 0.941 bits per heavy atom. The summed E-state index contributed by atoms with van der Waals surface area (Å²) in [5.41, 5.74) is 0. The van der Waals surface area contributed by atoms with E-state index in [1.54, 1.807) is 47.0 Å². The molecule has 2 fully saturated rings. The number of alkyl halides is 2. The molecule has 3 aliphatic heterocycles. The molecule has 8 heteroatoms. The quantitative estimate of drug-likeness (QED) is 0.578. The van der Waals surface area contributed by atoms with Gasteiger partial charge in [-0.05, 0) is 10.8 Å². The normalized spacial score (nSPS) is 36.1. The summed E-state index contributed by atoms with van der Waals surface area (Å²) in [4.78, 5) is 0. The highest BCUT2D eigenvalue weighted by atomic mass is 32.3. The largest absolute Gasteiger partial charge is 0.265 e. The van der Waals surface area contributed by atoms with E-state index in [2.05, 4.69) is 10.8 Å². The second-order valence-corrected chi connectivity index (χ2v) is 11.0. The van der Waals surface area contributed by atoms with Crippen molar-refractivity contribution in [3.05, 3.63) is 19.3 Å². The van der Waals surface area contributed by atoms with E-state index in [1.165, 1.54) is 32.0 Å². The molecule has 2 saturated heterocycles. The molecule has 0 saturated carbocycles. The fraction of sp³-hybridized carbons (Fsp3) is 0.556. The van der Waals surface area contributed by atoms with Crippen LogP contribution in [-0.2, 0) is 0 Å². The van der Waals surface area contributed by atoms with E-state index < -0.39 is 5.92 Å². The number of hydrogen-bond donors (Lipinski definition) is 0. The average molecular weight is 347 g/mol. The Balaban J connectivity index is 1.71. The molecule has 17 heavy (non-hydrogen) atoms. The lowest BCUT2D eigenvalue weighted by Gasteiger charge is -2.12. The van der Waals surface area contributed by atoms with Crippen LogP contribution in [0.3, 0.4) is 0 Å². The van der Waals surface area contributed by atoms with Gasteiger partial charge in [0.2, 0.25) is 0 Å². The van der Waals surface area contributed by atoms with E-state index in [9.17, 15) is 8.78 Å². The predicted octanol–water partition coefficient (Wildman–Crippen LogP) is 5.31. The topological polar surface area (TPSA) is 0 Å². The summed E-state index contributed by atoms with van der Waals surface area (Å²) in [6, 6.07) is 0. The lowest BCUT2D eigenvalue weighted by molar-refractivity contribution is 0.0551. The molecule has 0 spiro atoms. The number of thioether (sulfide) groups is 6. The van der Waals surface area contributed by atoms with Gasteiger partial charge in [-0.1, -0.05) is 23.5 Å². The lowest BCUT2D eigenvalue weighted by Crippen LogP contribution is -2.21. The smallest absolute Gasteiger partial charge is 0.205 e. The molecule has 0 bridgehead atoms. The summed E-state index contributed by atoms with van der Waals surface area (Å²) in [5.74, 6) is -2.56. The van der Waals surface area contributed by atoms with Crippen molar-refractivity contribution in [2.45, 2.75) is 15.1 Å². The molecule has 3 heterocycles. The molecule has 94 valence electrons. The lowest BCUT2D eigenvalue weighted by atomic mass is 10.5. The van der Waals surface area contributed by atoms with Crippen LogP contribution in [0.4, 0.5) is 8.78 Å². The van der Waals surface area contributed by atoms with Crippen LogP contribution >= 0.6 is 70.6 Å². The van der Waals surface area contributed by atoms with Gasteiger partial charge in [0.25, 0.3) is 5.92 Å². The summed E-state index contributed by atoms with van der Waals surface area (Å²) in [6.07, 6.45) is 0. The molecule has 3 rings (SSSR count). The Bertz CT molecular complexity index is 350. The number of rotatable bonds is 0. The van der Waals surface area contributed by atoms with E-state index in [1.807, 2.05) is 0 Å². The molecule has 0 radical (unpaired) electrons. The predicted molar refractivity (Wildman–Crippen MR) is 84.0 cm³/mol. The van der Waals surface area contributed by atoms with E-state index >= 15 is 0 Å². The van der Waals surface area contributed by atoms with Gasteiger partial charge in [0.1, 0.15) is 0 Å². The van der Waals surface area contributed by atoms with Crippen molar-refractivity contribution in [1.29, 1.82) is 0 Å². The molecule has 3 aliphatic rings. The zero-order valence-electron chi connectivity index (χ0n) is 8.43. The minimum atomic E-state index is -2.49. The van der Waals surface area contributed by atoms with Gasteiger partial charge in [0.15, 0.2) is 0 Å². The third-order valence-corrected chi connectivity index (χ3v) is 11.7. The summed E-state index contributed by atoms with van der Waals surface area (Å²) in [5, 5.41) is 4.16. The van der Waals surface area contributed by atoms with Crippen molar-refractivity contribution < 1.29 is 8.78 Å². The van der Waals surface area contributed by atoms with Crippen LogP contribution in [-0.4, -0.2) is 26.6 Å². The van der Waals surface area contributed by atoms with Gasteiger partial charge < -0.3 is 0 Å². The molecule has 0 aromatic rings. The molecule has 2 unspecified atom stereocenters. The molecular weight excluding hydrogens is 338 g/mol. The summed E-state index contributed by atoms with van der Waals surface area (Å²) < 4.78 is 29.8. The van der Waals surface area contributed by atoms with Gasteiger partial charge in [-0.3, -0.25) is 0 Å². The molecule has 0 aromatic carbocycles. The number of hydrogen-bond acceptors (Lipinski definition) is 6. The van der Waals surface area contributed by atoms with E-state index in [-0.39, 0.29) is 20.7 Å². The van der Waals surface area contributed by atoms with Gasteiger partial charge in [-0.2, -0.15) is 0 Å². The Morgan fingerprint density at radius 2 is 1.47 bits per heavy atom. The third-order valence-electron chi connectivity index (χ3n) is 2.16.